The third-order valence-electron chi connectivity index (χ3n) is 3.66. The second-order valence-corrected chi connectivity index (χ2v) is 7.45. The zero-order valence-electron chi connectivity index (χ0n) is 12.5. The van der Waals surface area contributed by atoms with Crippen LogP contribution in [-0.4, -0.2) is 44.2 Å². The molecule has 0 radical (unpaired) electrons. The van der Waals surface area contributed by atoms with E-state index in [4.69, 9.17) is 4.74 Å². The average Bonchev–Trinajstić information content (AvgIpc) is 3.16. The Morgan fingerprint density at radius 1 is 1.48 bits per heavy atom. The van der Waals surface area contributed by atoms with Gasteiger partial charge in [0.2, 0.25) is 4.96 Å². The van der Waals surface area contributed by atoms with Crippen LogP contribution in [0.15, 0.2) is 22.4 Å². The Labute approximate surface area is 140 Å². The number of thiazole rings is 1. The van der Waals surface area contributed by atoms with Gasteiger partial charge in [-0.25, -0.2) is 9.97 Å². The summed E-state index contributed by atoms with van der Waals surface area (Å²) >= 11 is 3.04. The van der Waals surface area contributed by atoms with Gasteiger partial charge < -0.3 is 4.74 Å². The summed E-state index contributed by atoms with van der Waals surface area (Å²) in [4.78, 5) is 23.9. The highest BCUT2D eigenvalue weighted by atomic mass is 32.1. The van der Waals surface area contributed by atoms with Gasteiger partial charge in [0.1, 0.15) is 16.1 Å². The third kappa shape index (κ3) is 3.05. The van der Waals surface area contributed by atoms with Crippen LogP contribution in [0.4, 0.5) is 0 Å². The van der Waals surface area contributed by atoms with Gasteiger partial charge in [-0.2, -0.15) is 9.61 Å². The summed E-state index contributed by atoms with van der Waals surface area (Å²) in [7, 11) is 0. The van der Waals surface area contributed by atoms with E-state index in [9.17, 15) is 4.79 Å². The van der Waals surface area contributed by atoms with Crippen molar-refractivity contribution in [3.05, 3.63) is 43.7 Å². The van der Waals surface area contributed by atoms with Crippen molar-refractivity contribution in [1.82, 2.24) is 24.5 Å². The Morgan fingerprint density at radius 2 is 2.39 bits per heavy atom. The van der Waals surface area contributed by atoms with Crippen LogP contribution in [0.5, 0.6) is 0 Å². The Kier molecular flexibility index (Phi) is 3.93. The quantitative estimate of drug-likeness (QED) is 0.713. The molecule has 7 nitrogen and oxygen atoms in total. The van der Waals surface area contributed by atoms with Crippen molar-refractivity contribution < 1.29 is 4.74 Å². The number of hydrogen-bond donors (Lipinski definition) is 0. The molecule has 0 spiro atoms. The lowest BCUT2D eigenvalue weighted by molar-refractivity contribution is -0.0333. The van der Waals surface area contributed by atoms with Gasteiger partial charge in [-0.3, -0.25) is 9.69 Å². The molecule has 9 heteroatoms. The maximum atomic E-state index is 12.1. The summed E-state index contributed by atoms with van der Waals surface area (Å²) in [6.45, 7) is 4.75. The Balaban J connectivity index is 1.54. The molecule has 1 fully saturated rings. The van der Waals surface area contributed by atoms with Crippen LogP contribution in [0.2, 0.25) is 0 Å². The van der Waals surface area contributed by atoms with E-state index in [0.717, 1.165) is 28.8 Å². The molecule has 0 N–H and O–H groups in total. The first-order valence-electron chi connectivity index (χ1n) is 7.29. The summed E-state index contributed by atoms with van der Waals surface area (Å²) in [5, 5.41) is 7.96. The zero-order valence-corrected chi connectivity index (χ0v) is 14.1. The number of ether oxygens (including phenoxy) is 1. The monoisotopic (exact) mass is 349 g/mol. The largest absolute Gasteiger partial charge is 0.368 e. The van der Waals surface area contributed by atoms with Gasteiger partial charge >= 0.3 is 0 Å². The molecule has 0 amide bonds. The number of aromatic nitrogens is 4. The van der Waals surface area contributed by atoms with Crippen molar-refractivity contribution in [1.29, 1.82) is 0 Å². The minimum absolute atomic E-state index is 0.000716. The summed E-state index contributed by atoms with van der Waals surface area (Å²) < 4.78 is 7.16. The van der Waals surface area contributed by atoms with Gasteiger partial charge in [0.25, 0.3) is 5.56 Å². The van der Waals surface area contributed by atoms with Gasteiger partial charge in [-0.05, 0) is 6.92 Å². The van der Waals surface area contributed by atoms with Crippen molar-refractivity contribution in [3.8, 4) is 0 Å². The molecular weight excluding hydrogens is 334 g/mol. The van der Waals surface area contributed by atoms with E-state index in [0.29, 0.717) is 18.1 Å². The standard InChI is InChI=1S/C14H15N5O2S2/c1-9-17-19-12(20)6-10(16-14(19)23-9)7-18-3-4-21-11(8-18)13-15-2-5-22-13/h2,5-6,11H,3-4,7-8H2,1H3. The first-order valence-corrected chi connectivity index (χ1v) is 8.98. The van der Waals surface area contributed by atoms with Crippen LogP contribution < -0.4 is 5.56 Å². The van der Waals surface area contributed by atoms with Crippen molar-refractivity contribution >= 4 is 27.6 Å². The van der Waals surface area contributed by atoms with Crippen LogP contribution in [0.3, 0.4) is 0 Å². The lowest BCUT2D eigenvalue weighted by Gasteiger charge is -2.31. The van der Waals surface area contributed by atoms with E-state index in [2.05, 4.69) is 20.0 Å². The van der Waals surface area contributed by atoms with E-state index in [1.54, 1.807) is 23.6 Å². The van der Waals surface area contributed by atoms with Crippen LogP contribution >= 0.6 is 22.7 Å². The lowest BCUT2D eigenvalue weighted by atomic mass is 10.2. The predicted octanol–water partition coefficient (Wildman–Crippen LogP) is 1.49. The Hall–Kier alpha value is -1.68. The molecule has 0 aliphatic carbocycles. The molecule has 4 heterocycles. The first kappa shape index (κ1) is 14.9. The predicted molar refractivity (Wildman–Crippen MR) is 88.0 cm³/mol. The minimum Gasteiger partial charge on any atom is -0.368 e. The molecule has 23 heavy (non-hydrogen) atoms. The second kappa shape index (κ2) is 6.08. The molecule has 4 rings (SSSR count). The van der Waals surface area contributed by atoms with E-state index in [1.165, 1.54) is 15.9 Å². The van der Waals surface area contributed by atoms with Gasteiger partial charge in [0, 0.05) is 37.3 Å². The number of fused-ring (bicyclic) bond motifs is 1. The second-order valence-electron chi connectivity index (χ2n) is 5.37. The molecule has 3 aromatic rings. The number of hydrogen-bond acceptors (Lipinski definition) is 8. The SMILES string of the molecule is Cc1nn2c(=O)cc(CN3CCOC(c4nccs4)C3)nc2s1. The normalized spacial score (nSPS) is 19.4. The number of rotatable bonds is 3. The lowest BCUT2D eigenvalue weighted by Crippen LogP contribution is -2.38. The molecule has 1 aliphatic heterocycles. The molecule has 120 valence electrons. The minimum atomic E-state index is -0.126. The summed E-state index contributed by atoms with van der Waals surface area (Å²) in [6, 6.07) is 1.57. The van der Waals surface area contributed by atoms with Crippen LogP contribution in [0.25, 0.3) is 4.96 Å². The molecule has 0 aromatic carbocycles. The molecule has 0 saturated carbocycles. The summed E-state index contributed by atoms with van der Waals surface area (Å²) in [6.07, 6.45) is 1.80. The smallest absolute Gasteiger partial charge is 0.275 e. The maximum Gasteiger partial charge on any atom is 0.275 e. The van der Waals surface area contributed by atoms with Gasteiger partial charge in [-0.15, -0.1) is 11.3 Å². The van der Waals surface area contributed by atoms with Crippen molar-refractivity contribution in [2.75, 3.05) is 19.7 Å². The maximum absolute atomic E-state index is 12.1. The molecule has 1 unspecified atom stereocenters. The van der Waals surface area contributed by atoms with Gasteiger partial charge in [0.15, 0.2) is 0 Å². The van der Waals surface area contributed by atoms with E-state index in [1.807, 2.05) is 12.3 Å². The Morgan fingerprint density at radius 3 is 3.22 bits per heavy atom. The number of aryl methyl sites for hydroxylation is 1. The van der Waals surface area contributed by atoms with Gasteiger partial charge in [0.05, 0.1) is 12.3 Å². The topological polar surface area (TPSA) is 72.6 Å². The van der Waals surface area contributed by atoms with E-state index in [-0.39, 0.29) is 11.7 Å². The van der Waals surface area contributed by atoms with Crippen molar-refractivity contribution in [2.45, 2.75) is 19.6 Å². The fourth-order valence-corrected chi connectivity index (χ4v) is 4.10. The molecule has 1 saturated heterocycles. The van der Waals surface area contributed by atoms with E-state index < -0.39 is 0 Å². The molecule has 1 atom stereocenters. The highest BCUT2D eigenvalue weighted by molar-refractivity contribution is 7.16. The summed E-state index contributed by atoms with van der Waals surface area (Å²) in [5.41, 5.74) is 0.650. The summed E-state index contributed by atoms with van der Waals surface area (Å²) in [5.74, 6) is 0. The highest BCUT2D eigenvalue weighted by Crippen LogP contribution is 2.24. The number of nitrogens with zero attached hydrogens (tertiary/aromatic N) is 5. The van der Waals surface area contributed by atoms with Gasteiger partial charge in [-0.1, -0.05) is 11.3 Å². The molecule has 1 aliphatic rings. The van der Waals surface area contributed by atoms with Crippen LogP contribution in [0, 0.1) is 6.92 Å². The highest BCUT2D eigenvalue weighted by Gasteiger charge is 2.24. The first-order chi connectivity index (χ1) is 11.2. The fraction of sp³-hybridized carbons (Fsp3) is 0.429. The van der Waals surface area contributed by atoms with Crippen molar-refractivity contribution in [3.63, 3.8) is 0 Å². The van der Waals surface area contributed by atoms with E-state index >= 15 is 0 Å². The molecule has 3 aromatic heterocycles. The fourth-order valence-electron chi connectivity index (χ4n) is 2.65. The van der Waals surface area contributed by atoms with Crippen molar-refractivity contribution in [2.24, 2.45) is 0 Å². The molecule has 0 bridgehead atoms. The Bertz CT molecular complexity index is 873. The zero-order chi connectivity index (χ0) is 15.8. The molecular formula is C14H15N5O2S2. The third-order valence-corrected chi connectivity index (χ3v) is 5.35. The van der Waals surface area contributed by atoms with Crippen LogP contribution in [-0.2, 0) is 11.3 Å². The average molecular weight is 349 g/mol. The number of morpholine rings is 1. The van der Waals surface area contributed by atoms with Crippen LogP contribution in [0.1, 0.15) is 21.8 Å².